The molecule has 2 heteroatoms. The Morgan fingerprint density at radius 2 is 1.76 bits per heavy atom. The lowest BCUT2D eigenvalue weighted by Crippen LogP contribution is -2.21. The fourth-order valence-corrected chi connectivity index (χ4v) is 2.67. The first-order valence-corrected chi connectivity index (χ1v) is 7.54. The lowest BCUT2D eigenvalue weighted by molar-refractivity contribution is 0.147. The van der Waals surface area contributed by atoms with Crippen molar-refractivity contribution in [1.82, 2.24) is 4.90 Å². The highest BCUT2D eigenvalue weighted by Gasteiger charge is 2.11. The van der Waals surface area contributed by atoms with Crippen LogP contribution in [0.15, 0.2) is 48.5 Å². The Kier molecular flexibility index (Phi) is 5.54. The minimum absolute atomic E-state index is 0.385. The van der Waals surface area contributed by atoms with Crippen molar-refractivity contribution in [2.45, 2.75) is 32.9 Å². The zero-order chi connectivity index (χ0) is 15.2. The van der Waals surface area contributed by atoms with Crippen LogP contribution in [0.2, 0.25) is 0 Å². The zero-order valence-electron chi connectivity index (χ0n) is 13.2. The zero-order valence-corrected chi connectivity index (χ0v) is 13.2. The van der Waals surface area contributed by atoms with Gasteiger partial charge in [0.05, 0.1) is 6.10 Å². The molecule has 0 aliphatic heterocycles. The summed E-state index contributed by atoms with van der Waals surface area (Å²) in [5.74, 6) is 0. The molecule has 0 aliphatic rings. The normalized spacial score (nSPS) is 12.6. The van der Waals surface area contributed by atoms with Crippen LogP contribution >= 0.6 is 0 Å². The molecule has 21 heavy (non-hydrogen) atoms. The average molecular weight is 283 g/mol. The van der Waals surface area contributed by atoms with E-state index in [9.17, 15) is 5.11 Å². The van der Waals surface area contributed by atoms with Crippen LogP contribution < -0.4 is 0 Å². The monoisotopic (exact) mass is 283 g/mol. The maximum atomic E-state index is 10.4. The summed E-state index contributed by atoms with van der Waals surface area (Å²) in [6.07, 6.45) is 0.372. The molecule has 2 aromatic carbocycles. The third-order valence-electron chi connectivity index (χ3n) is 3.86. The largest absolute Gasteiger partial charge is 0.388 e. The Bertz CT molecular complexity index is 565. The molecule has 0 aromatic heterocycles. The molecule has 2 rings (SSSR count). The Balaban J connectivity index is 1.87. The van der Waals surface area contributed by atoms with Gasteiger partial charge in [-0.1, -0.05) is 54.1 Å². The van der Waals surface area contributed by atoms with E-state index in [1.807, 2.05) is 12.1 Å². The van der Waals surface area contributed by atoms with Crippen molar-refractivity contribution in [3.05, 3.63) is 70.8 Å². The second-order valence-corrected chi connectivity index (χ2v) is 5.89. The van der Waals surface area contributed by atoms with E-state index in [0.29, 0.717) is 0 Å². The summed E-state index contributed by atoms with van der Waals surface area (Å²) in [5.41, 5.74) is 4.77. The Morgan fingerprint density at radius 3 is 2.43 bits per heavy atom. The van der Waals surface area contributed by atoms with Crippen molar-refractivity contribution < 1.29 is 5.11 Å². The summed E-state index contributed by atoms with van der Waals surface area (Å²) in [7, 11) is 2.10. The first kappa shape index (κ1) is 15.7. The van der Waals surface area contributed by atoms with Crippen LogP contribution in [0, 0.1) is 13.8 Å². The van der Waals surface area contributed by atoms with E-state index < -0.39 is 0 Å². The van der Waals surface area contributed by atoms with Crippen LogP contribution in [0.25, 0.3) is 0 Å². The molecular weight excluding hydrogens is 258 g/mol. The fourth-order valence-electron chi connectivity index (χ4n) is 2.67. The van der Waals surface area contributed by atoms with Crippen molar-refractivity contribution in [1.29, 1.82) is 0 Å². The third-order valence-corrected chi connectivity index (χ3v) is 3.86. The summed E-state index contributed by atoms with van der Waals surface area (Å²) >= 11 is 0. The van der Waals surface area contributed by atoms with Crippen molar-refractivity contribution >= 4 is 0 Å². The van der Waals surface area contributed by atoms with E-state index in [1.165, 1.54) is 16.7 Å². The molecule has 0 amide bonds. The molecule has 2 nitrogen and oxygen atoms in total. The SMILES string of the molecule is Cc1ccc(C(O)CCN(C)Cc2ccccc2)c(C)c1. The second-order valence-electron chi connectivity index (χ2n) is 5.89. The van der Waals surface area contributed by atoms with Crippen LogP contribution in [-0.4, -0.2) is 23.6 Å². The number of aliphatic hydroxyl groups excluding tert-OH is 1. The van der Waals surface area contributed by atoms with E-state index in [0.717, 1.165) is 25.1 Å². The van der Waals surface area contributed by atoms with E-state index in [4.69, 9.17) is 0 Å². The lowest BCUT2D eigenvalue weighted by atomic mass is 9.99. The molecular formula is C19H25NO. The number of hydrogen-bond donors (Lipinski definition) is 1. The van der Waals surface area contributed by atoms with Crippen molar-refractivity contribution in [3.63, 3.8) is 0 Å². The highest BCUT2D eigenvalue weighted by Crippen LogP contribution is 2.22. The quantitative estimate of drug-likeness (QED) is 0.870. The molecule has 0 spiro atoms. The van der Waals surface area contributed by atoms with Crippen LogP contribution in [-0.2, 0) is 6.54 Å². The molecule has 0 saturated heterocycles. The van der Waals surface area contributed by atoms with Crippen molar-refractivity contribution in [3.8, 4) is 0 Å². The van der Waals surface area contributed by atoms with Gasteiger partial charge in [0.15, 0.2) is 0 Å². The first-order chi connectivity index (χ1) is 10.1. The minimum atomic E-state index is -0.385. The molecule has 1 unspecified atom stereocenters. The topological polar surface area (TPSA) is 23.5 Å². The van der Waals surface area contributed by atoms with E-state index in [-0.39, 0.29) is 6.10 Å². The van der Waals surface area contributed by atoms with Gasteiger partial charge >= 0.3 is 0 Å². The Hall–Kier alpha value is -1.64. The van der Waals surface area contributed by atoms with Gasteiger partial charge in [0.1, 0.15) is 0 Å². The molecule has 0 saturated carbocycles. The van der Waals surface area contributed by atoms with Gasteiger partial charge in [-0.2, -0.15) is 0 Å². The Morgan fingerprint density at radius 1 is 1.05 bits per heavy atom. The highest BCUT2D eigenvalue weighted by atomic mass is 16.3. The highest BCUT2D eigenvalue weighted by molar-refractivity contribution is 5.31. The van der Waals surface area contributed by atoms with Crippen molar-refractivity contribution in [2.75, 3.05) is 13.6 Å². The number of benzene rings is 2. The number of hydrogen-bond acceptors (Lipinski definition) is 2. The van der Waals surface area contributed by atoms with Gasteiger partial charge < -0.3 is 10.0 Å². The summed E-state index contributed by atoms with van der Waals surface area (Å²) in [6, 6.07) is 16.7. The molecule has 1 N–H and O–H groups in total. The predicted octanol–water partition coefficient (Wildman–Crippen LogP) is 3.86. The van der Waals surface area contributed by atoms with Crippen LogP contribution in [0.1, 0.15) is 34.8 Å². The average Bonchev–Trinajstić information content (AvgIpc) is 2.46. The summed E-state index contributed by atoms with van der Waals surface area (Å²) in [5, 5.41) is 10.4. The fraction of sp³-hybridized carbons (Fsp3) is 0.368. The molecule has 112 valence electrons. The van der Waals surface area contributed by atoms with Gasteiger partial charge in [-0.3, -0.25) is 0 Å². The van der Waals surface area contributed by atoms with E-state index in [1.54, 1.807) is 0 Å². The van der Waals surface area contributed by atoms with Gasteiger partial charge in [0.2, 0.25) is 0 Å². The smallest absolute Gasteiger partial charge is 0.0804 e. The first-order valence-electron chi connectivity index (χ1n) is 7.54. The van der Waals surface area contributed by atoms with Crippen molar-refractivity contribution in [2.24, 2.45) is 0 Å². The summed E-state index contributed by atoms with van der Waals surface area (Å²) in [6.45, 7) is 5.94. The maximum Gasteiger partial charge on any atom is 0.0804 e. The standard InChI is InChI=1S/C19H25NO/c1-15-9-10-18(16(2)13-15)19(21)11-12-20(3)14-17-7-5-4-6-8-17/h4-10,13,19,21H,11-12,14H2,1-3H3. The molecule has 0 fully saturated rings. The molecule has 0 aliphatic carbocycles. The van der Waals surface area contributed by atoms with Crippen LogP contribution in [0.4, 0.5) is 0 Å². The van der Waals surface area contributed by atoms with E-state index >= 15 is 0 Å². The van der Waals surface area contributed by atoms with Gasteiger partial charge in [0, 0.05) is 13.1 Å². The van der Waals surface area contributed by atoms with E-state index in [2.05, 4.69) is 62.2 Å². The number of aryl methyl sites for hydroxylation is 2. The number of aliphatic hydroxyl groups is 1. The predicted molar refractivity (Wildman–Crippen MR) is 88.3 cm³/mol. The third kappa shape index (κ3) is 4.69. The molecule has 1 atom stereocenters. The van der Waals surface area contributed by atoms with Crippen LogP contribution in [0.3, 0.4) is 0 Å². The molecule has 2 aromatic rings. The van der Waals surface area contributed by atoms with Gasteiger partial charge in [-0.15, -0.1) is 0 Å². The maximum absolute atomic E-state index is 10.4. The van der Waals surface area contributed by atoms with Crippen LogP contribution in [0.5, 0.6) is 0 Å². The van der Waals surface area contributed by atoms with Gasteiger partial charge in [0.25, 0.3) is 0 Å². The van der Waals surface area contributed by atoms with Gasteiger partial charge in [-0.05, 0) is 44.0 Å². The second kappa shape index (κ2) is 7.39. The number of nitrogens with zero attached hydrogens (tertiary/aromatic N) is 1. The lowest BCUT2D eigenvalue weighted by Gasteiger charge is -2.20. The summed E-state index contributed by atoms with van der Waals surface area (Å²) in [4.78, 5) is 2.25. The molecule has 0 heterocycles. The molecule has 0 bridgehead atoms. The molecule has 0 radical (unpaired) electrons. The Labute approximate surface area is 128 Å². The number of rotatable bonds is 6. The van der Waals surface area contributed by atoms with Gasteiger partial charge in [-0.25, -0.2) is 0 Å². The minimum Gasteiger partial charge on any atom is -0.388 e. The summed E-state index contributed by atoms with van der Waals surface area (Å²) < 4.78 is 0.